The molecule has 2 atom stereocenters. The predicted molar refractivity (Wildman–Crippen MR) is 127 cm³/mol. The average molecular weight is 485 g/mol. The second-order valence-electron chi connectivity index (χ2n) is 8.42. The molecule has 0 aromatic carbocycles. The summed E-state index contributed by atoms with van der Waals surface area (Å²) in [5, 5.41) is 22.2. The van der Waals surface area contributed by atoms with Gasteiger partial charge in [-0.25, -0.2) is 23.5 Å². The molecule has 5 heterocycles. The number of fused-ring (bicyclic) bond motifs is 3. The fraction of sp³-hybridized carbons (Fsp3) is 0.429. The van der Waals surface area contributed by atoms with Crippen LogP contribution in [0.1, 0.15) is 32.1 Å². The number of anilines is 3. The molecule has 5 rings (SSSR count). The molecule has 10 nitrogen and oxygen atoms in total. The van der Waals surface area contributed by atoms with Crippen LogP contribution in [0.2, 0.25) is 0 Å². The Morgan fingerprint density at radius 1 is 1.27 bits per heavy atom. The molecule has 2 saturated heterocycles. The zero-order valence-electron chi connectivity index (χ0n) is 17.8. The van der Waals surface area contributed by atoms with Crippen molar-refractivity contribution in [3.8, 4) is 6.07 Å². The van der Waals surface area contributed by atoms with E-state index in [-0.39, 0.29) is 10.3 Å². The Labute approximate surface area is 195 Å². The smallest absolute Gasteiger partial charge is 0.249 e. The lowest BCUT2D eigenvalue weighted by atomic mass is 9.97. The van der Waals surface area contributed by atoms with Gasteiger partial charge in [0.15, 0.2) is 9.34 Å². The maximum atomic E-state index is 11.6. The van der Waals surface area contributed by atoms with Crippen LogP contribution < -0.4 is 15.8 Å². The van der Waals surface area contributed by atoms with Crippen LogP contribution in [0.15, 0.2) is 34.8 Å². The molecule has 33 heavy (non-hydrogen) atoms. The highest BCUT2D eigenvalue weighted by Crippen LogP contribution is 2.37. The summed E-state index contributed by atoms with van der Waals surface area (Å²) in [6.07, 6.45) is 7.88. The first-order chi connectivity index (χ1) is 15.9. The van der Waals surface area contributed by atoms with E-state index >= 15 is 0 Å². The number of thiazole rings is 1. The predicted octanol–water partition coefficient (Wildman–Crippen LogP) is 2.80. The molecule has 12 heteroatoms. The van der Waals surface area contributed by atoms with Gasteiger partial charge in [0.25, 0.3) is 0 Å². The molecule has 2 unspecified atom stereocenters. The van der Waals surface area contributed by atoms with Crippen molar-refractivity contribution in [2.75, 3.05) is 17.2 Å². The summed E-state index contributed by atoms with van der Waals surface area (Å²) in [5.74, 6) is 1.26. The lowest BCUT2D eigenvalue weighted by Gasteiger charge is -2.39. The number of rotatable bonds is 7. The fourth-order valence-corrected chi connectivity index (χ4v) is 6.40. The third-order valence-corrected chi connectivity index (χ3v) is 8.63. The molecule has 0 aliphatic carbocycles. The van der Waals surface area contributed by atoms with Gasteiger partial charge in [-0.3, -0.25) is 9.88 Å². The number of nitrogens with one attached hydrogen (secondary N) is 2. The molecular weight excluding hydrogens is 460 g/mol. The van der Waals surface area contributed by atoms with E-state index in [0.717, 1.165) is 47.4 Å². The first kappa shape index (κ1) is 22.0. The van der Waals surface area contributed by atoms with Gasteiger partial charge in [0.1, 0.15) is 11.6 Å². The lowest BCUT2D eigenvalue weighted by Crippen LogP contribution is -2.47. The van der Waals surface area contributed by atoms with E-state index in [0.29, 0.717) is 29.5 Å². The van der Waals surface area contributed by atoms with Crippen LogP contribution >= 0.6 is 11.3 Å². The third-order valence-electron chi connectivity index (χ3n) is 6.31. The molecule has 3 aromatic rings. The van der Waals surface area contributed by atoms with Crippen molar-refractivity contribution in [3.63, 3.8) is 0 Å². The van der Waals surface area contributed by atoms with Gasteiger partial charge in [-0.1, -0.05) is 11.3 Å². The Balaban J connectivity index is 1.38. The number of pyridine rings is 2. The molecule has 0 saturated carbocycles. The van der Waals surface area contributed by atoms with Gasteiger partial charge in [0.05, 0.1) is 17.8 Å². The Bertz CT molecular complexity index is 1310. The van der Waals surface area contributed by atoms with E-state index in [9.17, 15) is 8.42 Å². The molecule has 4 N–H and O–H groups in total. The molecule has 0 radical (unpaired) electrons. The van der Waals surface area contributed by atoms with Crippen LogP contribution in [0.4, 0.5) is 16.8 Å². The highest BCUT2D eigenvalue weighted by atomic mass is 32.2. The second-order valence-corrected chi connectivity index (χ2v) is 11.2. The van der Waals surface area contributed by atoms with Gasteiger partial charge >= 0.3 is 0 Å². The summed E-state index contributed by atoms with van der Waals surface area (Å²) in [6.45, 7) is 0.845. The standard InChI is InChI=1S/C21H24N8O2S2/c22-6-2-8-29-14-4-5-15(29)10-13(9-14)26-20-16-3-1-7-24-17(16)11-18(27-20)28-21-25-12-19(32-21)33(23,30)31/h1,3,7,11-15H,2,4-5,8-10H2,(H2,23,30,31)(H2,25,26,27,28). The zero-order chi connectivity index (χ0) is 23.0. The van der Waals surface area contributed by atoms with Crippen molar-refractivity contribution in [1.29, 1.82) is 5.26 Å². The van der Waals surface area contributed by atoms with Gasteiger partial charge in [-0.05, 0) is 37.8 Å². The molecule has 2 aliphatic heterocycles. The third kappa shape index (κ3) is 4.63. The maximum Gasteiger partial charge on any atom is 0.249 e. The summed E-state index contributed by atoms with van der Waals surface area (Å²) in [7, 11) is -3.80. The van der Waals surface area contributed by atoms with Crippen LogP contribution in [0.3, 0.4) is 0 Å². The first-order valence-electron chi connectivity index (χ1n) is 10.8. The van der Waals surface area contributed by atoms with Gasteiger partial charge in [0, 0.05) is 48.7 Å². The summed E-state index contributed by atoms with van der Waals surface area (Å²) in [4.78, 5) is 15.8. The fourth-order valence-electron chi connectivity index (χ4n) is 4.94. The van der Waals surface area contributed by atoms with Crippen LogP contribution in [0.5, 0.6) is 0 Å². The molecule has 172 valence electrons. The number of aromatic nitrogens is 3. The zero-order valence-corrected chi connectivity index (χ0v) is 19.4. The number of piperidine rings is 1. The second kappa shape index (κ2) is 8.83. The molecule has 2 fully saturated rings. The van der Waals surface area contributed by atoms with Gasteiger partial charge < -0.3 is 10.6 Å². The Morgan fingerprint density at radius 3 is 2.76 bits per heavy atom. The highest BCUT2D eigenvalue weighted by Gasteiger charge is 2.40. The SMILES string of the molecule is N#CCCN1C2CCC1CC(Nc1nc(Nc3ncc(S(N)(=O)=O)s3)cc3ncccc13)C2. The van der Waals surface area contributed by atoms with E-state index in [4.69, 9.17) is 15.4 Å². The summed E-state index contributed by atoms with van der Waals surface area (Å²) in [6, 6.07) is 9.21. The van der Waals surface area contributed by atoms with Gasteiger partial charge in [-0.2, -0.15) is 5.26 Å². The monoisotopic (exact) mass is 484 g/mol. The number of sulfonamides is 1. The Morgan fingerprint density at radius 2 is 2.06 bits per heavy atom. The minimum atomic E-state index is -3.80. The number of hydrogen-bond donors (Lipinski definition) is 3. The largest absolute Gasteiger partial charge is 0.367 e. The Kier molecular flexibility index (Phi) is 5.88. The van der Waals surface area contributed by atoms with E-state index in [1.807, 2.05) is 18.2 Å². The van der Waals surface area contributed by atoms with Gasteiger partial charge in [0.2, 0.25) is 10.0 Å². The van der Waals surface area contributed by atoms with Crippen molar-refractivity contribution in [2.24, 2.45) is 5.14 Å². The molecule has 2 bridgehead atoms. The molecule has 0 spiro atoms. The van der Waals surface area contributed by atoms with E-state index < -0.39 is 10.0 Å². The van der Waals surface area contributed by atoms with Crippen molar-refractivity contribution < 1.29 is 8.42 Å². The van der Waals surface area contributed by atoms with Crippen LogP contribution in [0, 0.1) is 11.3 Å². The molecule has 0 amide bonds. The molecule has 2 aliphatic rings. The Hall–Kier alpha value is -2.85. The van der Waals surface area contributed by atoms with Crippen LogP contribution in [-0.2, 0) is 10.0 Å². The maximum absolute atomic E-state index is 11.6. The van der Waals surface area contributed by atoms with E-state index in [1.165, 1.54) is 19.0 Å². The minimum Gasteiger partial charge on any atom is -0.367 e. The molecule has 3 aromatic heterocycles. The number of nitrogens with zero attached hydrogens (tertiary/aromatic N) is 5. The minimum absolute atomic E-state index is 0.0131. The summed E-state index contributed by atoms with van der Waals surface area (Å²) >= 11 is 0.953. The van der Waals surface area contributed by atoms with Crippen molar-refractivity contribution in [1.82, 2.24) is 19.9 Å². The topological polar surface area (TPSA) is 150 Å². The average Bonchev–Trinajstić information content (AvgIpc) is 3.34. The van der Waals surface area contributed by atoms with Gasteiger partial charge in [-0.15, -0.1) is 0 Å². The van der Waals surface area contributed by atoms with Crippen LogP contribution in [-0.4, -0.2) is 52.9 Å². The van der Waals surface area contributed by atoms with Crippen molar-refractivity contribution in [3.05, 3.63) is 30.6 Å². The van der Waals surface area contributed by atoms with Crippen LogP contribution in [0.25, 0.3) is 10.9 Å². The number of nitriles is 1. The first-order valence-corrected chi connectivity index (χ1v) is 13.2. The summed E-state index contributed by atoms with van der Waals surface area (Å²) < 4.78 is 23.1. The summed E-state index contributed by atoms with van der Waals surface area (Å²) in [5.41, 5.74) is 0.773. The van der Waals surface area contributed by atoms with E-state index in [2.05, 4.69) is 31.6 Å². The highest BCUT2D eigenvalue weighted by molar-refractivity contribution is 7.91. The normalized spacial score (nSPS) is 22.8. The quantitative estimate of drug-likeness (QED) is 0.460. The molecular formula is C21H24N8O2S2. The van der Waals surface area contributed by atoms with Crippen molar-refractivity contribution in [2.45, 2.75) is 54.4 Å². The van der Waals surface area contributed by atoms with Crippen molar-refractivity contribution >= 4 is 49.0 Å². The lowest BCUT2D eigenvalue weighted by molar-refractivity contribution is 0.136. The number of nitrogens with two attached hydrogens (primary N) is 1. The number of hydrogen-bond acceptors (Lipinski definition) is 10. The van der Waals surface area contributed by atoms with E-state index in [1.54, 1.807) is 6.20 Å². The number of primary sulfonamides is 1.